The predicted molar refractivity (Wildman–Crippen MR) is 114 cm³/mol. The zero-order chi connectivity index (χ0) is 19.4. The highest BCUT2D eigenvalue weighted by molar-refractivity contribution is 6.70. The minimum absolute atomic E-state index is 0.0798. The average molecular weight is 395 g/mol. The molecule has 0 radical (unpaired) electrons. The largest absolute Gasteiger partial charge is 0.415 e. The number of hydrogen-bond acceptors (Lipinski definition) is 3. The van der Waals surface area contributed by atoms with Gasteiger partial charge in [-0.2, -0.15) is 0 Å². The molecule has 0 amide bonds. The van der Waals surface area contributed by atoms with Crippen LogP contribution in [0.5, 0.6) is 0 Å². The van der Waals surface area contributed by atoms with Crippen LogP contribution < -0.4 is 0 Å². The van der Waals surface area contributed by atoms with Gasteiger partial charge in [-0.3, -0.25) is 0 Å². The predicted octanol–water partition coefficient (Wildman–Crippen LogP) is 5.83. The minimum Gasteiger partial charge on any atom is -0.415 e. The van der Waals surface area contributed by atoms with E-state index in [2.05, 4.69) is 70.5 Å². The standard InChI is InChI=1S/C21H38O3Si2/c1-21(24-26(5,6)7)16-19(21)15-20(23-25(2,3)4)13-14-22-17-18-11-9-8-10-12-18/h8-12,19-20H,13-17H2,1-7H3/t19-,20+,21+/m0/s1. The second-order valence-corrected chi connectivity index (χ2v) is 18.7. The third kappa shape index (κ3) is 8.05. The normalized spacial score (nSPS) is 24.5. The number of ether oxygens (including phenoxy) is 1. The van der Waals surface area contributed by atoms with Crippen LogP contribution in [0.25, 0.3) is 0 Å². The number of benzene rings is 1. The van der Waals surface area contributed by atoms with E-state index in [1.807, 2.05) is 6.07 Å². The first-order valence-electron chi connectivity index (χ1n) is 9.96. The summed E-state index contributed by atoms with van der Waals surface area (Å²) in [5.41, 5.74) is 1.31. The Labute approximate surface area is 162 Å². The summed E-state index contributed by atoms with van der Waals surface area (Å²) in [6, 6.07) is 10.4. The van der Waals surface area contributed by atoms with Gasteiger partial charge in [0.2, 0.25) is 0 Å². The molecule has 1 fully saturated rings. The first-order valence-corrected chi connectivity index (χ1v) is 16.8. The molecule has 0 aliphatic heterocycles. The molecular formula is C21H38O3Si2. The maximum atomic E-state index is 6.48. The van der Waals surface area contributed by atoms with Crippen molar-refractivity contribution in [1.29, 1.82) is 0 Å². The molecule has 0 N–H and O–H groups in total. The van der Waals surface area contributed by atoms with Crippen LogP contribution in [0.3, 0.4) is 0 Å². The van der Waals surface area contributed by atoms with Gasteiger partial charge in [0.15, 0.2) is 16.6 Å². The molecule has 0 saturated heterocycles. The zero-order valence-corrected chi connectivity index (χ0v) is 19.8. The molecule has 3 atom stereocenters. The van der Waals surface area contributed by atoms with Crippen molar-refractivity contribution >= 4 is 16.6 Å². The quantitative estimate of drug-likeness (QED) is 0.349. The first kappa shape index (κ1) is 21.8. The van der Waals surface area contributed by atoms with Gasteiger partial charge in [0.05, 0.1) is 12.2 Å². The van der Waals surface area contributed by atoms with E-state index in [1.165, 1.54) is 12.0 Å². The van der Waals surface area contributed by atoms with Gasteiger partial charge in [0, 0.05) is 12.7 Å². The van der Waals surface area contributed by atoms with Crippen LogP contribution in [0, 0.1) is 5.92 Å². The van der Waals surface area contributed by atoms with E-state index in [1.54, 1.807) is 0 Å². The van der Waals surface area contributed by atoms with Crippen molar-refractivity contribution in [2.45, 2.75) is 83.8 Å². The summed E-state index contributed by atoms with van der Waals surface area (Å²) in [5.74, 6) is 0.629. The van der Waals surface area contributed by atoms with E-state index in [0.717, 1.165) is 19.4 Å². The van der Waals surface area contributed by atoms with Crippen LogP contribution >= 0.6 is 0 Å². The Morgan fingerprint density at radius 2 is 1.69 bits per heavy atom. The topological polar surface area (TPSA) is 27.7 Å². The van der Waals surface area contributed by atoms with Crippen LogP contribution in [0.1, 0.15) is 31.7 Å². The van der Waals surface area contributed by atoms with Gasteiger partial charge < -0.3 is 13.6 Å². The average Bonchev–Trinajstić information content (AvgIpc) is 3.09. The molecule has 2 rings (SSSR count). The molecule has 1 aromatic rings. The van der Waals surface area contributed by atoms with Crippen LogP contribution in [0.4, 0.5) is 0 Å². The van der Waals surface area contributed by atoms with Crippen molar-refractivity contribution < 1.29 is 13.6 Å². The van der Waals surface area contributed by atoms with Crippen molar-refractivity contribution in [3.63, 3.8) is 0 Å². The molecule has 0 unspecified atom stereocenters. The number of rotatable bonds is 11. The highest BCUT2D eigenvalue weighted by Gasteiger charge is 2.53. The second kappa shape index (κ2) is 8.69. The molecule has 26 heavy (non-hydrogen) atoms. The molecule has 1 aliphatic rings. The Kier molecular flexibility index (Phi) is 7.30. The summed E-state index contributed by atoms with van der Waals surface area (Å²) in [6.07, 6.45) is 3.53. The Morgan fingerprint density at radius 3 is 2.27 bits per heavy atom. The Bertz CT molecular complexity index is 551. The zero-order valence-electron chi connectivity index (χ0n) is 17.8. The summed E-state index contributed by atoms with van der Waals surface area (Å²) >= 11 is 0. The fourth-order valence-electron chi connectivity index (χ4n) is 3.61. The van der Waals surface area contributed by atoms with E-state index in [0.29, 0.717) is 12.5 Å². The van der Waals surface area contributed by atoms with Gasteiger partial charge in [0.1, 0.15) is 0 Å². The monoisotopic (exact) mass is 394 g/mol. The molecule has 1 saturated carbocycles. The molecule has 0 spiro atoms. The molecule has 5 heteroatoms. The lowest BCUT2D eigenvalue weighted by molar-refractivity contribution is 0.0692. The smallest absolute Gasteiger partial charge is 0.184 e. The lowest BCUT2D eigenvalue weighted by atomic mass is 10.1. The molecule has 148 valence electrons. The van der Waals surface area contributed by atoms with Crippen LogP contribution in [-0.4, -0.2) is 34.9 Å². The number of hydrogen-bond donors (Lipinski definition) is 0. The maximum Gasteiger partial charge on any atom is 0.184 e. The van der Waals surface area contributed by atoms with Crippen LogP contribution in [0.15, 0.2) is 30.3 Å². The minimum atomic E-state index is -1.56. The van der Waals surface area contributed by atoms with Gasteiger partial charge >= 0.3 is 0 Å². The molecule has 1 aromatic carbocycles. The summed E-state index contributed by atoms with van der Waals surface area (Å²) in [6.45, 7) is 17.4. The summed E-state index contributed by atoms with van der Waals surface area (Å²) < 4.78 is 18.8. The van der Waals surface area contributed by atoms with E-state index in [9.17, 15) is 0 Å². The van der Waals surface area contributed by atoms with Gasteiger partial charge in [0.25, 0.3) is 0 Å². The molecule has 1 aliphatic carbocycles. The van der Waals surface area contributed by atoms with E-state index >= 15 is 0 Å². The lowest BCUT2D eigenvalue weighted by Crippen LogP contribution is -2.35. The molecule has 0 aromatic heterocycles. The fraction of sp³-hybridized carbons (Fsp3) is 0.714. The van der Waals surface area contributed by atoms with Gasteiger partial charge in [-0.05, 0) is 76.9 Å². The van der Waals surface area contributed by atoms with Gasteiger partial charge in [-0.1, -0.05) is 30.3 Å². The second-order valence-electron chi connectivity index (χ2n) is 9.84. The van der Waals surface area contributed by atoms with Crippen molar-refractivity contribution in [3.05, 3.63) is 35.9 Å². The Balaban J connectivity index is 1.81. The van der Waals surface area contributed by atoms with Gasteiger partial charge in [-0.25, -0.2) is 0 Å². The molecular weight excluding hydrogens is 356 g/mol. The van der Waals surface area contributed by atoms with Crippen LogP contribution in [0.2, 0.25) is 39.3 Å². The lowest BCUT2D eigenvalue weighted by Gasteiger charge is -2.29. The SMILES string of the molecule is C[C@@]1(O[Si](C)(C)C)C[C@@H]1C[C@@H](CCOCc1ccccc1)O[Si](C)(C)C. The molecule has 0 bridgehead atoms. The third-order valence-corrected chi connectivity index (χ3v) is 6.78. The Hall–Kier alpha value is -0.466. The summed E-state index contributed by atoms with van der Waals surface area (Å²) in [5, 5.41) is 0. The fourth-order valence-corrected chi connectivity index (χ4v) is 6.47. The highest BCUT2D eigenvalue weighted by Crippen LogP contribution is 2.51. The summed E-state index contributed by atoms with van der Waals surface area (Å²) in [4.78, 5) is 0. The van der Waals surface area contributed by atoms with E-state index in [-0.39, 0.29) is 11.7 Å². The Morgan fingerprint density at radius 1 is 1.04 bits per heavy atom. The van der Waals surface area contributed by atoms with E-state index < -0.39 is 16.6 Å². The van der Waals surface area contributed by atoms with Gasteiger partial charge in [-0.15, -0.1) is 0 Å². The van der Waals surface area contributed by atoms with E-state index in [4.69, 9.17) is 13.6 Å². The molecule has 0 heterocycles. The van der Waals surface area contributed by atoms with Crippen molar-refractivity contribution in [2.24, 2.45) is 5.92 Å². The van der Waals surface area contributed by atoms with Crippen LogP contribution in [-0.2, 0) is 20.2 Å². The first-order chi connectivity index (χ1) is 12.0. The molecule has 3 nitrogen and oxygen atoms in total. The third-order valence-electron chi connectivity index (χ3n) is 4.66. The maximum absolute atomic E-state index is 6.48. The van der Waals surface area contributed by atoms with Crippen molar-refractivity contribution in [3.8, 4) is 0 Å². The van der Waals surface area contributed by atoms with Crippen molar-refractivity contribution in [1.82, 2.24) is 0 Å². The highest BCUT2D eigenvalue weighted by atomic mass is 28.4. The summed E-state index contributed by atoms with van der Waals surface area (Å²) in [7, 11) is -3.06. The van der Waals surface area contributed by atoms with Crippen molar-refractivity contribution in [2.75, 3.05) is 6.61 Å².